The van der Waals surface area contributed by atoms with Crippen LogP contribution in [0.3, 0.4) is 0 Å². The highest BCUT2D eigenvalue weighted by Crippen LogP contribution is 2.25. The third kappa shape index (κ3) is 7.46. The zero-order valence-electron chi connectivity index (χ0n) is 20.6. The Morgan fingerprint density at radius 1 is 1.09 bits per heavy atom. The lowest BCUT2D eigenvalue weighted by atomic mass is 10.1. The van der Waals surface area contributed by atoms with Crippen LogP contribution in [-0.2, 0) is 26.2 Å². The Bertz CT molecular complexity index is 1140. The van der Waals surface area contributed by atoms with Crippen molar-refractivity contribution in [1.29, 1.82) is 0 Å². The molecule has 0 heterocycles. The van der Waals surface area contributed by atoms with Gasteiger partial charge in [-0.3, -0.25) is 13.9 Å². The van der Waals surface area contributed by atoms with Crippen LogP contribution in [0.15, 0.2) is 42.5 Å². The van der Waals surface area contributed by atoms with Gasteiger partial charge < -0.3 is 10.2 Å². The van der Waals surface area contributed by atoms with Gasteiger partial charge in [-0.25, -0.2) is 8.42 Å². The Kier molecular flexibility index (Phi) is 9.53. The van der Waals surface area contributed by atoms with E-state index >= 15 is 0 Å². The Hall–Kier alpha value is -2.58. The first-order valence-electron chi connectivity index (χ1n) is 11.2. The summed E-state index contributed by atoms with van der Waals surface area (Å²) in [5.74, 6) is -0.782. The third-order valence-corrected chi connectivity index (χ3v) is 7.27. The molecule has 2 aromatic rings. The van der Waals surface area contributed by atoms with E-state index in [2.05, 4.69) is 5.32 Å². The van der Waals surface area contributed by atoms with Crippen molar-refractivity contribution >= 4 is 39.1 Å². The minimum Gasteiger partial charge on any atom is -0.352 e. The quantitative estimate of drug-likeness (QED) is 0.525. The summed E-state index contributed by atoms with van der Waals surface area (Å²) in [6.45, 7) is 8.97. The monoisotopic (exact) mass is 507 g/mol. The fourth-order valence-corrected chi connectivity index (χ4v) is 4.42. The summed E-state index contributed by atoms with van der Waals surface area (Å²) in [6.07, 6.45) is 1.79. The van der Waals surface area contributed by atoms with Crippen LogP contribution in [0.5, 0.6) is 0 Å². The standard InChI is InChI=1S/C25H34ClN3O4S/c1-7-19(4)27-25(31)20(5)28(15-21-10-8-9-17(2)13-21)24(30)16-29(34(6,32)33)22-12-11-18(3)23(26)14-22/h8-14,19-20H,7,15-16H2,1-6H3,(H,27,31)/t19-,20+/m1/s1. The number of hydrogen-bond donors (Lipinski definition) is 1. The average molecular weight is 508 g/mol. The molecule has 7 nitrogen and oxygen atoms in total. The smallest absolute Gasteiger partial charge is 0.244 e. The molecule has 0 aliphatic heterocycles. The van der Waals surface area contributed by atoms with Gasteiger partial charge in [0.1, 0.15) is 12.6 Å². The maximum Gasteiger partial charge on any atom is 0.244 e. The van der Waals surface area contributed by atoms with Gasteiger partial charge in [-0.1, -0.05) is 54.4 Å². The number of benzene rings is 2. The molecule has 0 aromatic heterocycles. The molecule has 0 saturated heterocycles. The molecule has 0 saturated carbocycles. The Labute approximate surface area is 208 Å². The largest absolute Gasteiger partial charge is 0.352 e. The Balaban J connectivity index is 2.41. The number of carbonyl (C=O) groups is 2. The summed E-state index contributed by atoms with van der Waals surface area (Å²) in [5, 5.41) is 3.31. The molecular formula is C25H34ClN3O4S. The fraction of sp³-hybridized carbons (Fsp3) is 0.440. The Morgan fingerprint density at radius 2 is 1.76 bits per heavy atom. The van der Waals surface area contributed by atoms with Crippen LogP contribution in [0.25, 0.3) is 0 Å². The summed E-state index contributed by atoms with van der Waals surface area (Å²) in [7, 11) is -3.80. The van der Waals surface area contributed by atoms with E-state index in [-0.39, 0.29) is 18.5 Å². The number of carbonyl (C=O) groups excluding carboxylic acids is 2. The number of sulfonamides is 1. The summed E-state index contributed by atoms with van der Waals surface area (Å²) in [6, 6.07) is 11.6. The van der Waals surface area contributed by atoms with E-state index in [1.54, 1.807) is 19.1 Å². The van der Waals surface area contributed by atoms with Crippen molar-refractivity contribution in [3.05, 3.63) is 64.2 Å². The van der Waals surface area contributed by atoms with Gasteiger partial charge >= 0.3 is 0 Å². The Morgan fingerprint density at radius 3 is 2.32 bits per heavy atom. The van der Waals surface area contributed by atoms with Crippen LogP contribution in [0.2, 0.25) is 5.02 Å². The second-order valence-electron chi connectivity index (χ2n) is 8.71. The van der Waals surface area contributed by atoms with Gasteiger partial charge in [0, 0.05) is 17.6 Å². The molecule has 0 aliphatic carbocycles. The third-order valence-electron chi connectivity index (χ3n) is 5.73. The number of amides is 2. The van der Waals surface area contributed by atoms with Gasteiger partial charge in [0.2, 0.25) is 21.8 Å². The van der Waals surface area contributed by atoms with Crippen molar-refractivity contribution in [3.63, 3.8) is 0 Å². The van der Waals surface area contributed by atoms with Crippen LogP contribution in [0, 0.1) is 13.8 Å². The van der Waals surface area contributed by atoms with E-state index in [0.29, 0.717) is 10.7 Å². The van der Waals surface area contributed by atoms with E-state index in [0.717, 1.165) is 33.7 Å². The first-order valence-corrected chi connectivity index (χ1v) is 13.4. The minimum atomic E-state index is -3.80. The average Bonchev–Trinajstić information content (AvgIpc) is 2.76. The molecule has 186 valence electrons. The highest BCUT2D eigenvalue weighted by atomic mass is 35.5. The minimum absolute atomic E-state index is 0.0481. The lowest BCUT2D eigenvalue weighted by molar-refractivity contribution is -0.139. The number of rotatable bonds is 10. The van der Waals surface area contributed by atoms with Gasteiger partial charge in [-0.15, -0.1) is 0 Å². The molecular weight excluding hydrogens is 474 g/mol. The van der Waals surface area contributed by atoms with E-state index in [1.165, 1.54) is 11.0 Å². The van der Waals surface area contributed by atoms with E-state index in [1.807, 2.05) is 52.0 Å². The first-order chi connectivity index (χ1) is 15.8. The molecule has 0 aliphatic rings. The number of nitrogens with one attached hydrogen (secondary N) is 1. The first kappa shape index (κ1) is 27.7. The normalized spacial score (nSPS) is 13.1. The van der Waals surface area contributed by atoms with Crippen molar-refractivity contribution in [3.8, 4) is 0 Å². The summed E-state index contributed by atoms with van der Waals surface area (Å²) in [4.78, 5) is 27.8. The van der Waals surface area contributed by atoms with E-state index in [4.69, 9.17) is 11.6 Å². The van der Waals surface area contributed by atoms with E-state index in [9.17, 15) is 18.0 Å². The fourth-order valence-electron chi connectivity index (χ4n) is 3.41. The lowest BCUT2D eigenvalue weighted by Gasteiger charge is -2.32. The zero-order chi connectivity index (χ0) is 25.6. The van der Waals surface area contributed by atoms with Crippen molar-refractivity contribution in [1.82, 2.24) is 10.2 Å². The second-order valence-corrected chi connectivity index (χ2v) is 11.0. The molecule has 34 heavy (non-hydrogen) atoms. The highest BCUT2D eigenvalue weighted by Gasteiger charge is 2.30. The molecule has 0 fully saturated rings. The molecule has 2 atom stereocenters. The molecule has 0 unspecified atom stereocenters. The van der Waals surface area contributed by atoms with E-state index < -0.39 is 28.5 Å². The highest BCUT2D eigenvalue weighted by molar-refractivity contribution is 7.92. The number of anilines is 1. The van der Waals surface area contributed by atoms with Crippen LogP contribution in [0.4, 0.5) is 5.69 Å². The topological polar surface area (TPSA) is 86.8 Å². The van der Waals surface area contributed by atoms with Gasteiger partial charge in [0.15, 0.2) is 0 Å². The molecule has 0 spiro atoms. The van der Waals surface area contributed by atoms with Crippen LogP contribution < -0.4 is 9.62 Å². The maximum absolute atomic E-state index is 13.5. The number of aryl methyl sites for hydroxylation is 2. The number of halogens is 1. The van der Waals surface area contributed by atoms with Gasteiger partial charge in [0.05, 0.1) is 11.9 Å². The SMILES string of the molecule is CC[C@@H](C)NC(=O)[C@H](C)N(Cc1cccc(C)c1)C(=O)CN(c1ccc(C)c(Cl)c1)S(C)(=O)=O. The summed E-state index contributed by atoms with van der Waals surface area (Å²) >= 11 is 6.21. The van der Waals surface area contributed by atoms with Crippen LogP contribution in [0.1, 0.15) is 43.9 Å². The lowest BCUT2D eigenvalue weighted by Crippen LogP contribution is -2.52. The molecule has 0 radical (unpaired) electrons. The van der Waals surface area contributed by atoms with Gasteiger partial charge in [-0.2, -0.15) is 0 Å². The molecule has 2 amide bonds. The van der Waals surface area contributed by atoms with Crippen LogP contribution in [-0.4, -0.2) is 50.0 Å². The number of hydrogen-bond acceptors (Lipinski definition) is 4. The molecule has 2 rings (SSSR count). The van der Waals surface area contributed by atoms with Crippen molar-refractivity contribution in [2.75, 3.05) is 17.1 Å². The molecule has 0 bridgehead atoms. The molecule has 9 heteroatoms. The van der Waals surface area contributed by atoms with Gasteiger partial charge in [0.25, 0.3) is 0 Å². The van der Waals surface area contributed by atoms with Crippen molar-refractivity contribution < 1.29 is 18.0 Å². The van der Waals surface area contributed by atoms with Crippen molar-refractivity contribution in [2.45, 2.75) is 59.7 Å². The summed E-state index contributed by atoms with van der Waals surface area (Å²) < 4.78 is 26.2. The summed E-state index contributed by atoms with van der Waals surface area (Å²) in [5.41, 5.74) is 2.95. The second kappa shape index (κ2) is 11.7. The van der Waals surface area contributed by atoms with Crippen LogP contribution >= 0.6 is 11.6 Å². The molecule has 2 aromatic carbocycles. The maximum atomic E-state index is 13.5. The predicted octanol–water partition coefficient (Wildman–Crippen LogP) is 4.05. The zero-order valence-corrected chi connectivity index (χ0v) is 22.2. The number of nitrogens with zero attached hydrogens (tertiary/aromatic N) is 2. The van der Waals surface area contributed by atoms with Crippen molar-refractivity contribution in [2.24, 2.45) is 0 Å². The van der Waals surface area contributed by atoms with Gasteiger partial charge in [-0.05, 0) is 57.4 Å². The molecule has 1 N–H and O–H groups in total. The predicted molar refractivity (Wildman–Crippen MR) is 137 cm³/mol.